The molecule has 1 aliphatic rings. The topological polar surface area (TPSA) is 40.2 Å². The number of rotatable bonds is 3. The second-order valence-electron chi connectivity index (χ2n) is 4.72. The summed E-state index contributed by atoms with van der Waals surface area (Å²) in [6.07, 6.45) is 3.06. The van der Waals surface area contributed by atoms with Crippen molar-refractivity contribution in [3.8, 4) is 0 Å². The number of nitrogens with two attached hydrogens (primary N) is 1. The molecule has 2 N–H and O–H groups in total. The van der Waals surface area contributed by atoms with E-state index < -0.39 is 0 Å². The van der Waals surface area contributed by atoms with Gasteiger partial charge >= 0.3 is 0 Å². The van der Waals surface area contributed by atoms with Crippen molar-refractivity contribution in [3.05, 3.63) is 59.4 Å². The molecule has 0 radical (unpaired) electrons. The van der Waals surface area contributed by atoms with E-state index in [4.69, 9.17) is 22.7 Å². The Morgan fingerprint density at radius 3 is 3.00 bits per heavy atom. The highest BCUT2D eigenvalue weighted by atomic mass is 32.1. The van der Waals surface area contributed by atoms with Gasteiger partial charge in [0.25, 0.3) is 0 Å². The molecule has 2 aromatic rings. The zero-order chi connectivity index (χ0) is 13.2. The Morgan fingerprint density at radius 1 is 1.32 bits per heavy atom. The second-order valence-corrected chi connectivity index (χ2v) is 5.16. The minimum atomic E-state index is 0.0745. The Labute approximate surface area is 118 Å². The first-order valence-electron chi connectivity index (χ1n) is 6.40. The molecule has 0 aliphatic carbocycles. The van der Waals surface area contributed by atoms with E-state index in [0.717, 1.165) is 25.3 Å². The monoisotopic (exact) mass is 272 g/mol. The van der Waals surface area contributed by atoms with Crippen molar-refractivity contribution in [2.45, 2.75) is 19.1 Å². The summed E-state index contributed by atoms with van der Waals surface area (Å²) in [6.45, 7) is 1.52. The molecule has 3 rings (SSSR count). The molecule has 0 spiro atoms. The Balaban J connectivity index is 1.89. The number of benzene rings is 1. The van der Waals surface area contributed by atoms with Gasteiger partial charge in [0.2, 0.25) is 0 Å². The summed E-state index contributed by atoms with van der Waals surface area (Å²) in [7, 11) is 0. The third-order valence-electron chi connectivity index (χ3n) is 3.54. The van der Waals surface area contributed by atoms with Gasteiger partial charge in [-0.3, -0.25) is 0 Å². The maximum absolute atomic E-state index is 5.91. The number of thiocarbonyl (C=S) groups is 1. The molecule has 4 heteroatoms. The summed E-state index contributed by atoms with van der Waals surface area (Å²) < 4.78 is 7.97. The lowest BCUT2D eigenvalue weighted by atomic mass is 9.97. The molecular formula is C15H16N2OS. The summed E-state index contributed by atoms with van der Waals surface area (Å²) >= 11 is 5.06. The predicted octanol–water partition coefficient (Wildman–Crippen LogP) is 2.44. The van der Waals surface area contributed by atoms with Crippen LogP contribution < -0.4 is 5.73 Å². The molecule has 1 aromatic heterocycles. The first-order valence-corrected chi connectivity index (χ1v) is 6.81. The fourth-order valence-corrected chi connectivity index (χ4v) is 2.79. The van der Waals surface area contributed by atoms with E-state index in [1.165, 1.54) is 11.1 Å². The molecule has 0 amide bonds. The molecule has 98 valence electrons. The lowest BCUT2D eigenvalue weighted by Gasteiger charge is -2.27. The van der Waals surface area contributed by atoms with E-state index in [9.17, 15) is 0 Å². The summed E-state index contributed by atoms with van der Waals surface area (Å²) in [5.74, 6) is 0. The molecule has 3 nitrogen and oxygen atoms in total. The van der Waals surface area contributed by atoms with Gasteiger partial charge in [-0.05, 0) is 29.7 Å². The molecular weight excluding hydrogens is 256 g/mol. The van der Waals surface area contributed by atoms with Crippen molar-refractivity contribution in [1.29, 1.82) is 0 Å². The quantitative estimate of drug-likeness (QED) is 0.872. The van der Waals surface area contributed by atoms with Crippen LogP contribution in [0.25, 0.3) is 0 Å². The van der Waals surface area contributed by atoms with Crippen LogP contribution >= 0.6 is 12.2 Å². The molecule has 0 saturated carbocycles. The van der Waals surface area contributed by atoms with E-state index in [-0.39, 0.29) is 6.10 Å². The van der Waals surface area contributed by atoms with Crippen LogP contribution in [0.2, 0.25) is 0 Å². The van der Waals surface area contributed by atoms with Gasteiger partial charge in [-0.25, -0.2) is 0 Å². The molecule has 1 aromatic carbocycles. The zero-order valence-corrected chi connectivity index (χ0v) is 11.4. The summed E-state index contributed by atoms with van der Waals surface area (Å²) in [5.41, 5.74) is 9.27. The minimum absolute atomic E-state index is 0.0745. The first kappa shape index (κ1) is 12.4. The van der Waals surface area contributed by atoms with E-state index in [1.54, 1.807) is 0 Å². The Bertz CT molecular complexity index is 606. The van der Waals surface area contributed by atoms with Crippen LogP contribution in [0, 0.1) is 0 Å². The van der Waals surface area contributed by atoms with Crippen LogP contribution in [0.1, 0.15) is 22.9 Å². The average molecular weight is 272 g/mol. The van der Waals surface area contributed by atoms with Gasteiger partial charge in [0.05, 0.1) is 18.8 Å². The number of ether oxygens (including phenoxy) is 1. The van der Waals surface area contributed by atoms with Gasteiger partial charge in [-0.15, -0.1) is 0 Å². The Kier molecular flexibility index (Phi) is 3.36. The number of fused-ring (bicyclic) bond motifs is 1. The average Bonchev–Trinajstić information content (AvgIpc) is 2.87. The molecule has 0 bridgehead atoms. The highest BCUT2D eigenvalue weighted by Crippen LogP contribution is 2.28. The Hall–Kier alpha value is -1.65. The number of hydrogen-bond donors (Lipinski definition) is 1. The van der Waals surface area contributed by atoms with Crippen molar-refractivity contribution in [3.63, 3.8) is 0 Å². The molecule has 1 atom stereocenters. The van der Waals surface area contributed by atoms with Gasteiger partial charge < -0.3 is 15.0 Å². The normalized spacial score (nSPS) is 18.0. The van der Waals surface area contributed by atoms with Gasteiger partial charge in [-0.1, -0.05) is 36.5 Å². The fraction of sp³-hybridized carbons (Fsp3) is 0.267. The molecule has 19 heavy (non-hydrogen) atoms. The largest absolute Gasteiger partial charge is 0.388 e. The van der Waals surface area contributed by atoms with E-state index >= 15 is 0 Å². The highest BCUT2D eigenvalue weighted by Gasteiger charge is 2.21. The standard InChI is InChI=1S/C15H16N2OS/c16-15(19)13-6-3-8-17(13)10-14-12-5-2-1-4-11(12)7-9-18-14/h1-6,8,14H,7,9-10H2,(H2,16,19). The van der Waals surface area contributed by atoms with Crippen LogP contribution in [0.5, 0.6) is 0 Å². The summed E-state index contributed by atoms with van der Waals surface area (Å²) in [5, 5.41) is 0. The van der Waals surface area contributed by atoms with Crippen LogP contribution in [0.15, 0.2) is 42.6 Å². The van der Waals surface area contributed by atoms with Gasteiger partial charge in [0, 0.05) is 6.20 Å². The maximum Gasteiger partial charge on any atom is 0.120 e. The van der Waals surface area contributed by atoms with Gasteiger partial charge in [0.1, 0.15) is 11.1 Å². The Morgan fingerprint density at radius 2 is 2.16 bits per heavy atom. The van der Waals surface area contributed by atoms with Crippen molar-refractivity contribution < 1.29 is 4.74 Å². The third-order valence-corrected chi connectivity index (χ3v) is 3.75. The summed E-state index contributed by atoms with van der Waals surface area (Å²) in [6, 6.07) is 12.4. The molecule has 2 heterocycles. The molecule has 1 unspecified atom stereocenters. The van der Waals surface area contributed by atoms with Gasteiger partial charge in [-0.2, -0.15) is 0 Å². The minimum Gasteiger partial charge on any atom is -0.388 e. The molecule has 0 saturated heterocycles. The molecule has 1 aliphatic heterocycles. The SMILES string of the molecule is NC(=S)c1cccn1CC1OCCc2ccccc21. The van der Waals surface area contributed by atoms with Crippen LogP contribution in [-0.2, 0) is 17.7 Å². The van der Waals surface area contributed by atoms with Crippen LogP contribution in [0.3, 0.4) is 0 Å². The lowest BCUT2D eigenvalue weighted by molar-refractivity contribution is 0.0306. The number of nitrogens with zero attached hydrogens (tertiary/aromatic N) is 1. The lowest BCUT2D eigenvalue weighted by Crippen LogP contribution is -2.23. The smallest absolute Gasteiger partial charge is 0.120 e. The first-order chi connectivity index (χ1) is 9.25. The summed E-state index contributed by atoms with van der Waals surface area (Å²) in [4.78, 5) is 0.425. The van der Waals surface area contributed by atoms with Crippen LogP contribution in [-0.4, -0.2) is 16.2 Å². The highest BCUT2D eigenvalue weighted by molar-refractivity contribution is 7.80. The number of hydrogen-bond acceptors (Lipinski definition) is 2. The third kappa shape index (κ3) is 2.41. The van der Waals surface area contributed by atoms with Crippen LogP contribution in [0.4, 0.5) is 0 Å². The zero-order valence-electron chi connectivity index (χ0n) is 10.6. The van der Waals surface area contributed by atoms with Crippen molar-refractivity contribution in [1.82, 2.24) is 4.57 Å². The van der Waals surface area contributed by atoms with Crippen molar-refractivity contribution in [2.24, 2.45) is 5.73 Å². The van der Waals surface area contributed by atoms with Crippen molar-refractivity contribution in [2.75, 3.05) is 6.61 Å². The van der Waals surface area contributed by atoms with Crippen molar-refractivity contribution >= 4 is 17.2 Å². The van der Waals surface area contributed by atoms with E-state index in [0.29, 0.717) is 4.99 Å². The van der Waals surface area contributed by atoms with E-state index in [2.05, 4.69) is 28.8 Å². The van der Waals surface area contributed by atoms with Gasteiger partial charge in [0.15, 0.2) is 0 Å². The number of aromatic nitrogens is 1. The molecule has 0 fully saturated rings. The van der Waals surface area contributed by atoms with E-state index in [1.807, 2.05) is 18.3 Å². The maximum atomic E-state index is 5.91. The second kappa shape index (κ2) is 5.15. The predicted molar refractivity (Wildman–Crippen MR) is 79.2 cm³/mol. The fourth-order valence-electron chi connectivity index (χ4n) is 2.60.